The lowest BCUT2D eigenvalue weighted by molar-refractivity contribution is -0.0467. The first-order valence-corrected chi connectivity index (χ1v) is 8.36. The molecule has 0 N–H and O–H groups in total. The van der Waals surface area contributed by atoms with Crippen LogP contribution in [0.25, 0.3) is 11.5 Å². The quantitative estimate of drug-likeness (QED) is 0.732. The van der Waals surface area contributed by atoms with E-state index in [0.717, 1.165) is 23.5 Å². The Labute approximate surface area is 146 Å². The lowest BCUT2D eigenvalue weighted by atomic mass is 9.93. The number of hydrogen-bond donors (Lipinski definition) is 0. The highest BCUT2D eigenvalue weighted by molar-refractivity contribution is 5.70. The van der Waals surface area contributed by atoms with Crippen LogP contribution in [0.15, 0.2) is 53.2 Å². The molecule has 1 saturated heterocycles. The van der Waals surface area contributed by atoms with Gasteiger partial charge in [-0.3, -0.25) is 0 Å². The predicted molar refractivity (Wildman–Crippen MR) is 94.2 cm³/mol. The minimum atomic E-state index is -0.390. The second-order valence-electron chi connectivity index (χ2n) is 6.39. The molecule has 3 heterocycles. The molecule has 1 aromatic carbocycles. The maximum atomic E-state index is 6.13. The van der Waals surface area contributed by atoms with Crippen LogP contribution in [0.4, 0.5) is 5.82 Å². The lowest BCUT2D eigenvalue weighted by Gasteiger charge is -2.41. The van der Waals surface area contributed by atoms with Crippen LogP contribution in [0.3, 0.4) is 0 Å². The van der Waals surface area contributed by atoms with E-state index >= 15 is 0 Å². The zero-order valence-electron chi connectivity index (χ0n) is 14.3. The van der Waals surface area contributed by atoms with Gasteiger partial charge in [-0.1, -0.05) is 35.5 Å². The number of aromatic nitrogens is 3. The van der Waals surface area contributed by atoms with Crippen molar-refractivity contribution in [3.8, 4) is 11.5 Å². The molecule has 0 amide bonds. The van der Waals surface area contributed by atoms with Crippen molar-refractivity contribution in [1.82, 2.24) is 15.1 Å². The minimum Gasteiger partial charge on any atom is -0.367 e. The largest absolute Gasteiger partial charge is 0.367 e. The highest BCUT2D eigenvalue weighted by Gasteiger charge is 2.35. The molecule has 0 aliphatic carbocycles. The highest BCUT2D eigenvalue weighted by Crippen LogP contribution is 2.34. The summed E-state index contributed by atoms with van der Waals surface area (Å²) in [5.74, 6) is 1.95. The molecule has 128 valence electrons. The van der Waals surface area contributed by atoms with Crippen molar-refractivity contribution in [2.24, 2.45) is 0 Å². The van der Waals surface area contributed by atoms with Crippen LogP contribution in [0.2, 0.25) is 0 Å². The van der Waals surface area contributed by atoms with Crippen molar-refractivity contribution in [1.29, 1.82) is 0 Å². The lowest BCUT2D eigenvalue weighted by Crippen LogP contribution is -2.48. The molecule has 25 heavy (non-hydrogen) atoms. The van der Waals surface area contributed by atoms with Crippen molar-refractivity contribution < 1.29 is 9.26 Å². The fraction of sp³-hybridized carbons (Fsp3) is 0.316. The zero-order valence-corrected chi connectivity index (χ0v) is 14.3. The number of hydrogen-bond acceptors (Lipinski definition) is 6. The van der Waals surface area contributed by atoms with Gasteiger partial charge in [0.1, 0.15) is 11.4 Å². The second-order valence-corrected chi connectivity index (χ2v) is 6.39. The Morgan fingerprint density at radius 1 is 1.12 bits per heavy atom. The number of rotatable bonds is 3. The minimum absolute atomic E-state index is 0.390. The van der Waals surface area contributed by atoms with Crippen LogP contribution in [-0.2, 0) is 10.3 Å². The molecule has 1 aliphatic heterocycles. The molecular weight excluding hydrogens is 316 g/mol. The summed E-state index contributed by atoms with van der Waals surface area (Å²) < 4.78 is 11.5. The molecule has 0 saturated carbocycles. The molecule has 0 spiro atoms. The van der Waals surface area contributed by atoms with Gasteiger partial charge in [0.15, 0.2) is 5.82 Å². The van der Waals surface area contributed by atoms with Gasteiger partial charge in [-0.2, -0.15) is 4.98 Å². The van der Waals surface area contributed by atoms with Gasteiger partial charge in [-0.15, -0.1) is 0 Å². The van der Waals surface area contributed by atoms with Crippen LogP contribution >= 0.6 is 0 Å². The topological polar surface area (TPSA) is 64.3 Å². The summed E-state index contributed by atoms with van der Waals surface area (Å²) >= 11 is 0. The van der Waals surface area contributed by atoms with E-state index in [-0.39, 0.29) is 5.60 Å². The van der Waals surface area contributed by atoms with Gasteiger partial charge in [0.05, 0.1) is 18.7 Å². The van der Waals surface area contributed by atoms with E-state index in [1.165, 1.54) is 0 Å². The Bertz CT molecular complexity index is 865. The molecule has 6 nitrogen and oxygen atoms in total. The number of ether oxygens (including phenoxy) is 1. The maximum Gasteiger partial charge on any atom is 0.261 e. The fourth-order valence-electron chi connectivity index (χ4n) is 3.24. The monoisotopic (exact) mass is 336 g/mol. The average molecular weight is 336 g/mol. The number of morpholine rings is 1. The highest BCUT2D eigenvalue weighted by atomic mass is 16.5. The van der Waals surface area contributed by atoms with Gasteiger partial charge in [0.25, 0.3) is 5.89 Å². The van der Waals surface area contributed by atoms with Crippen molar-refractivity contribution in [2.75, 3.05) is 24.6 Å². The van der Waals surface area contributed by atoms with Gasteiger partial charge >= 0.3 is 0 Å². The summed E-state index contributed by atoms with van der Waals surface area (Å²) in [6.45, 7) is 6.02. The maximum absolute atomic E-state index is 6.13. The number of benzene rings is 1. The Morgan fingerprint density at radius 2 is 1.96 bits per heavy atom. The van der Waals surface area contributed by atoms with E-state index in [0.29, 0.717) is 24.9 Å². The van der Waals surface area contributed by atoms with E-state index in [4.69, 9.17) is 9.26 Å². The van der Waals surface area contributed by atoms with Gasteiger partial charge in [0, 0.05) is 12.7 Å². The number of pyridine rings is 1. The van der Waals surface area contributed by atoms with E-state index < -0.39 is 0 Å². The van der Waals surface area contributed by atoms with Crippen LogP contribution in [0, 0.1) is 6.92 Å². The molecule has 3 aromatic rings. The summed E-state index contributed by atoms with van der Waals surface area (Å²) in [4.78, 5) is 11.2. The Morgan fingerprint density at radius 3 is 2.72 bits per heavy atom. The Kier molecular flexibility index (Phi) is 3.97. The molecule has 4 rings (SSSR count). The molecular formula is C19H20N4O2. The first-order chi connectivity index (χ1) is 12.2. The van der Waals surface area contributed by atoms with Gasteiger partial charge in [0.2, 0.25) is 0 Å². The van der Waals surface area contributed by atoms with Gasteiger partial charge in [-0.25, -0.2) is 4.98 Å². The third kappa shape index (κ3) is 3.00. The smallest absolute Gasteiger partial charge is 0.261 e. The van der Waals surface area contributed by atoms with Crippen LogP contribution in [0.1, 0.15) is 18.3 Å². The Balaban J connectivity index is 1.69. The van der Waals surface area contributed by atoms with E-state index in [1.807, 2.05) is 37.3 Å². The van der Waals surface area contributed by atoms with Crippen LogP contribution in [-0.4, -0.2) is 34.8 Å². The fourth-order valence-corrected chi connectivity index (χ4v) is 3.24. The first kappa shape index (κ1) is 15.8. The van der Waals surface area contributed by atoms with E-state index in [9.17, 15) is 0 Å². The molecule has 0 bridgehead atoms. The van der Waals surface area contributed by atoms with Crippen molar-refractivity contribution in [3.63, 3.8) is 0 Å². The summed E-state index contributed by atoms with van der Waals surface area (Å²) in [6.07, 6.45) is 1.79. The number of nitrogens with zero attached hydrogens (tertiary/aromatic N) is 4. The molecule has 6 heteroatoms. The van der Waals surface area contributed by atoms with E-state index in [1.54, 1.807) is 6.20 Å². The van der Waals surface area contributed by atoms with Gasteiger partial charge in [-0.05, 0) is 31.5 Å². The SMILES string of the molecule is Cc1noc(-c2cccnc2N2CCOC(C)(c3ccccc3)C2)n1. The zero-order chi connectivity index (χ0) is 17.3. The molecule has 1 aliphatic rings. The third-order valence-electron chi connectivity index (χ3n) is 4.50. The van der Waals surface area contributed by atoms with Crippen LogP contribution < -0.4 is 4.90 Å². The molecule has 1 unspecified atom stereocenters. The summed E-state index contributed by atoms with van der Waals surface area (Å²) in [5, 5.41) is 3.90. The predicted octanol–water partition coefficient (Wildman–Crippen LogP) is 3.19. The van der Waals surface area contributed by atoms with Crippen LogP contribution in [0.5, 0.6) is 0 Å². The first-order valence-electron chi connectivity index (χ1n) is 8.36. The van der Waals surface area contributed by atoms with E-state index in [2.05, 4.69) is 39.1 Å². The summed E-state index contributed by atoms with van der Waals surface area (Å²) in [6, 6.07) is 14.1. The van der Waals surface area contributed by atoms with Gasteiger partial charge < -0.3 is 14.2 Å². The molecule has 0 radical (unpaired) electrons. The van der Waals surface area contributed by atoms with Crippen molar-refractivity contribution >= 4 is 5.82 Å². The number of anilines is 1. The standard InChI is InChI=1S/C19H20N4O2/c1-14-21-18(25-22-14)16-9-6-10-20-17(16)23-11-12-24-19(2,13-23)15-7-4-3-5-8-15/h3-10H,11-13H2,1-2H3. The molecule has 1 atom stereocenters. The van der Waals surface area contributed by atoms with Crippen molar-refractivity contribution in [3.05, 3.63) is 60.0 Å². The summed E-state index contributed by atoms with van der Waals surface area (Å²) in [5.41, 5.74) is 1.62. The van der Waals surface area contributed by atoms with Crippen molar-refractivity contribution in [2.45, 2.75) is 19.4 Å². The Hall–Kier alpha value is -2.73. The third-order valence-corrected chi connectivity index (χ3v) is 4.50. The normalized spacial score (nSPS) is 20.6. The molecule has 1 fully saturated rings. The average Bonchev–Trinajstić information content (AvgIpc) is 3.09. The molecule has 2 aromatic heterocycles. The number of aryl methyl sites for hydroxylation is 1. The second kappa shape index (κ2) is 6.29. The summed E-state index contributed by atoms with van der Waals surface area (Å²) in [7, 11) is 0.